The quantitative estimate of drug-likeness (QED) is 0.792. The maximum absolute atomic E-state index is 12.1. The van der Waals surface area contributed by atoms with Crippen molar-refractivity contribution < 1.29 is 4.79 Å². The second kappa shape index (κ2) is 5.82. The lowest BCUT2D eigenvalue weighted by Gasteiger charge is -2.20. The number of fused-ring (bicyclic) bond motifs is 1. The van der Waals surface area contributed by atoms with Gasteiger partial charge in [-0.1, -0.05) is 24.3 Å². The van der Waals surface area contributed by atoms with Gasteiger partial charge in [-0.15, -0.1) is 0 Å². The van der Waals surface area contributed by atoms with Crippen molar-refractivity contribution >= 4 is 5.91 Å². The van der Waals surface area contributed by atoms with Gasteiger partial charge in [-0.05, 0) is 37.6 Å². The predicted octanol–water partition coefficient (Wildman–Crippen LogP) is 1.22. The van der Waals surface area contributed by atoms with E-state index in [4.69, 9.17) is 0 Å². The van der Waals surface area contributed by atoms with Crippen LogP contribution in [-0.4, -0.2) is 37.5 Å². The molecular formula is C14H20N2O. The van der Waals surface area contributed by atoms with E-state index in [2.05, 4.69) is 23.5 Å². The molecule has 1 aromatic rings. The number of benzene rings is 1. The lowest BCUT2D eigenvalue weighted by Crippen LogP contribution is -2.34. The van der Waals surface area contributed by atoms with Crippen molar-refractivity contribution in [3.63, 3.8) is 0 Å². The van der Waals surface area contributed by atoms with E-state index >= 15 is 0 Å². The summed E-state index contributed by atoms with van der Waals surface area (Å²) in [4.78, 5) is 14.1. The fraction of sp³-hybridized carbons (Fsp3) is 0.500. The number of hydrogen-bond acceptors (Lipinski definition) is 2. The van der Waals surface area contributed by atoms with E-state index in [1.165, 1.54) is 11.1 Å². The molecule has 0 aromatic heterocycles. The Labute approximate surface area is 103 Å². The van der Waals surface area contributed by atoms with Crippen LogP contribution in [0.25, 0.3) is 0 Å². The zero-order chi connectivity index (χ0) is 12.1. The summed E-state index contributed by atoms with van der Waals surface area (Å²) in [6, 6.07) is 8.28. The molecule has 17 heavy (non-hydrogen) atoms. The zero-order valence-corrected chi connectivity index (χ0v) is 10.4. The summed E-state index contributed by atoms with van der Waals surface area (Å²) in [6.07, 6.45) is 2.58. The van der Waals surface area contributed by atoms with Crippen molar-refractivity contribution in [3.8, 4) is 0 Å². The highest BCUT2D eigenvalue weighted by Crippen LogP contribution is 2.16. The zero-order valence-electron chi connectivity index (χ0n) is 10.4. The average molecular weight is 232 g/mol. The maximum atomic E-state index is 12.1. The number of hydrogen-bond donors (Lipinski definition) is 1. The van der Waals surface area contributed by atoms with Gasteiger partial charge in [0, 0.05) is 13.1 Å². The highest BCUT2D eigenvalue weighted by atomic mass is 16.2. The maximum Gasteiger partial charge on any atom is 0.227 e. The molecule has 1 heterocycles. The monoisotopic (exact) mass is 232 g/mol. The van der Waals surface area contributed by atoms with Crippen molar-refractivity contribution in [1.29, 1.82) is 0 Å². The molecular weight excluding hydrogens is 212 g/mol. The normalized spacial score (nSPS) is 15.6. The Balaban J connectivity index is 2.00. The predicted molar refractivity (Wildman–Crippen MR) is 69.0 cm³/mol. The molecule has 1 N–H and O–H groups in total. The van der Waals surface area contributed by atoms with Gasteiger partial charge in [-0.25, -0.2) is 0 Å². The molecule has 0 saturated heterocycles. The molecule has 0 atom stereocenters. The Morgan fingerprint density at radius 1 is 1.29 bits per heavy atom. The van der Waals surface area contributed by atoms with Gasteiger partial charge in [0.05, 0.1) is 6.42 Å². The summed E-state index contributed by atoms with van der Waals surface area (Å²) in [5.41, 5.74) is 2.53. The summed E-state index contributed by atoms with van der Waals surface area (Å²) in [7, 11) is 1.94. The summed E-state index contributed by atoms with van der Waals surface area (Å²) < 4.78 is 0. The molecule has 1 aliphatic rings. The Morgan fingerprint density at radius 3 is 2.82 bits per heavy atom. The Hall–Kier alpha value is -1.35. The van der Waals surface area contributed by atoms with Crippen LogP contribution in [0.1, 0.15) is 17.5 Å². The Kier molecular flexibility index (Phi) is 4.15. The summed E-state index contributed by atoms with van der Waals surface area (Å²) >= 11 is 0. The standard InChI is InChI=1S/C14H20N2O/c1-15-8-4-9-16-10-7-12-5-2-3-6-13(12)11-14(16)17/h2-3,5-6,15H,4,7-11H2,1H3. The van der Waals surface area contributed by atoms with E-state index in [1.807, 2.05) is 18.0 Å². The number of nitrogens with zero attached hydrogens (tertiary/aromatic N) is 1. The van der Waals surface area contributed by atoms with Crippen molar-refractivity contribution in [2.24, 2.45) is 0 Å². The molecule has 3 nitrogen and oxygen atoms in total. The first-order valence-electron chi connectivity index (χ1n) is 6.30. The first-order valence-corrected chi connectivity index (χ1v) is 6.30. The number of rotatable bonds is 4. The minimum atomic E-state index is 0.269. The number of nitrogens with one attached hydrogen (secondary N) is 1. The first kappa shape index (κ1) is 12.1. The second-order valence-electron chi connectivity index (χ2n) is 4.53. The molecule has 3 heteroatoms. The third-order valence-electron chi connectivity index (χ3n) is 3.32. The van der Waals surface area contributed by atoms with Gasteiger partial charge in [-0.2, -0.15) is 0 Å². The van der Waals surface area contributed by atoms with E-state index < -0.39 is 0 Å². The number of carbonyl (C=O) groups excluding carboxylic acids is 1. The van der Waals surface area contributed by atoms with Crippen LogP contribution < -0.4 is 5.32 Å². The van der Waals surface area contributed by atoms with E-state index in [0.29, 0.717) is 6.42 Å². The van der Waals surface area contributed by atoms with E-state index in [0.717, 1.165) is 32.5 Å². The Bertz CT molecular complexity index is 390. The highest BCUT2D eigenvalue weighted by molar-refractivity contribution is 5.79. The smallest absolute Gasteiger partial charge is 0.227 e. The third-order valence-corrected chi connectivity index (χ3v) is 3.32. The van der Waals surface area contributed by atoms with Gasteiger partial charge in [0.1, 0.15) is 0 Å². The van der Waals surface area contributed by atoms with Crippen molar-refractivity contribution in [2.75, 3.05) is 26.7 Å². The molecule has 1 amide bonds. The molecule has 0 aliphatic carbocycles. The largest absolute Gasteiger partial charge is 0.342 e. The summed E-state index contributed by atoms with van der Waals surface area (Å²) in [5, 5.41) is 3.12. The van der Waals surface area contributed by atoms with Crippen molar-refractivity contribution in [3.05, 3.63) is 35.4 Å². The average Bonchev–Trinajstić information content (AvgIpc) is 2.49. The summed E-state index contributed by atoms with van der Waals surface area (Å²) in [5.74, 6) is 0.269. The van der Waals surface area contributed by atoms with Gasteiger partial charge in [0.25, 0.3) is 0 Å². The molecule has 0 unspecified atom stereocenters. The van der Waals surface area contributed by atoms with Crippen LogP contribution in [0, 0.1) is 0 Å². The van der Waals surface area contributed by atoms with Crippen LogP contribution in [0.2, 0.25) is 0 Å². The lowest BCUT2D eigenvalue weighted by atomic mass is 10.0. The van der Waals surface area contributed by atoms with Crippen molar-refractivity contribution in [2.45, 2.75) is 19.3 Å². The molecule has 2 rings (SSSR count). The van der Waals surface area contributed by atoms with Gasteiger partial charge < -0.3 is 10.2 Å². The molecule has 0 spiro atoms. The van der Waals surface area contributed by atoms with Gasteiger partial charge in [0.15, 0.2) is 0 Å². The molecule has 0 bridgehead atoms. The Morgan fingerprint density at radius 2 is 2.06 bits per heavy atom. The van der Waals surface area contributed by atoms with Crippen LogP contribution in [-0.2, 0) is 17.6 Å². The SMILES string of the molecule is CNCCCN1CCc2ccccc2CC1=O. The molecule has 1 aromatic carbocycles. The second-order valence-corrected chi connectivity index (χ2v) is 4.53. The minimum absolute atomic E-state index is 0.269. The van der Waals surface area contributed by atoms with E-state index in [-0.39, 0.29) is 5.91 Å². The molecule has 0 fully saturated rings. The minimum Gasteiger partial charge on any atom is -0.342 e. The van der Waals surface area contributed by atoms with Gasteiger partial charge in [0.2, 0.25) is 5.91 Å². The van der Waals surface area contributed by atoms with Crippen molar-refractivity contribution in [1.82, 2.24) is 10.2 Å². The van der Waals surface area contributed by atoms with E-state index in [9.17, 15) is 4.79 Å². The molecule has 1 aliphatic heterocycles. The lowest BCUT2D eigenvalue weighted by molar-refractivity contribution is -0.130. The van der Waals surface area contributed by atoms with Gasteiger partial charge >= 0.3 is 0 Å². The van der Waals surface area contributed by atoms with Crippen LogP contribution in [0.5, 0.6) is 0 Å². The molecule has 0 saturated carbocycles. The fourth-order valence-corrected chi connectivity index (χ4v) is 2.31. The highest BCUT2D eigenvalue weighted by Gasteiger charge is 2.19. The van der Waals surface area contributed by atoms with Gasteiger partial charge in [-0.3, -0.25) is 4.79 Å². The fourth-order valence-electron chi connectivity index (χ4n) is 2.31. The van der Waals surface area contributed by atoms with Crippen LogP contribution in [0.4, 0.5) is 0 Å². The number of amides is 1. The van der Waals surface area contributed by atoms with E-state index in [1.54, 1.807) is 0 Å². The van der Waals surface area contributed by atoms with Crippen LogP contribution in [0.3, 0.4) is 0 Å². The van der Waals surface area contributed by atoms with Crippen LogP contribution in [0.15, 0.2) is 24.3 Å². The topological polar surface area (TPSA) is 32.3 Å². The third kappa shape index (κ3) is 3.07. The number of carbonyl (C=O) groups is 1. The molecule has 0 radical (unpaired) electrons. The molecule has 92 valence electrons. The first-order chi connectivity index (χ1) is 8.31. The summed E-state index contributed by atoms with van der Waals surface area (Å²) in [6.45, 7) is 2.70. The van der Waals surface area contributed by atoms with Crippen LogP contribution >= 0.6 is 0 Å².